The fraction of sp³-hybridized carbons (Fsp3) is 0.263. The summed E-state index contributed by atoms with van der Waals surface area (Å²) in [5, 5.41) is 0. The van der Waals surface area contributed by atoms with E-state index in [-0.39, 0.29) is 12.0 Å². The number of ether oxygens (including phenoxy) is 1. The van der Waals surface area contributed by atoms with Crippen molar-refractivity contribution in [1.82, 2.24) is 14.5 Å². The van der Waals surface area contributed by atoms with Gasteiger partial charge in [0.2, 0.25) is 0 Å². The van der Waals surface area contributed by atoms with Crippen molar-refractivity contribution in [3.63, 3.8) is 0 Å². The summed E-state index contributed by atoms with van der Waals surface area (Å²) in [4.78, 5) is 18.2. The van der Waals surface area contributed by atoms with Gasteiger partial charge in [0, 0.05) is 12.4 Å². The summed E-state index contributed by atoms with van der Waals surface area (Å²) in [5.41, 5.74) is 1.16. The normalized spacial score (nSPS) is 14.4. The minimum atomic E-state index is -0.0963. The largest absolute Gasteiger partial charge is 0.487 e. The number of carbonyl (C=O) groups excluding carboxylic acids is 1. The van der Waals surface area contributed by atoms with E-state index in [0.717, 1.165) is 17.1 Å². The standard InChI is InChI=1S/C19H19N3O3/c1-14-3-2-4-15(9-14)24-17-11-22(12-17)19(23)18-6-5-16(25-18)10-21-8-7-20-13-21/h2-9,13,17H,10-12H2,1H3. The molecule has 0 radical (unpaired) electrons. The van der Waals surface area contributed by atoms with E-state index < -0.39 is 0 Å². The maximum Gasteiger partial charge on any atom is 0.289 e. The maximum atomic E-state index is 12.5. The van der Waals surface area contributed by atoms with Gasteiger partial charge in [-0.15, -0.1) is 0 Å². The Bertz CT molecular complexity index is 864. The lowest BCUT2D eigenvalue weighted by atomic mass is 10.1. The zero-order chi connectivity index (χ0) is 17.2. The van der Waals surface area contributed by atoms with Gasteiger partial charge in [0.05, 0.1) is 26.0 Å². The average Bonchev–Trinajstić information content (AvgIpc) is 3.22. The van der Waals surface area contributed by atoms with Crippen molar-refractivity contribution in [2.24, 2.45) is 0 Å². The highest BCUT2D eigenvalue weighted by Gasteiger charge is 2.34. The third-order valence-corrected chi connectivity index (χ3v) is 4.20. The number of rotatable bonds is 5. The van der Waals surface area contributed by atoms with Crippen LogP contribution in [0.5, 0.6) is 5.75 Å². The van der Waals surface area contributed by atoms with Crippen molar-refractivity contribution < 1.29 is 13.9 Å². The van der Waals surface area contributed by atoms with Gasteiger partial charge in [-0.05, 0) is 36.8 Å². The van der Waals surface area contributed by atoms with Gasteiger partial charge in [0.25, 0.3) is 5.91 Å². The van der Waals surface area contributed by atoms with Crippen LogP contribution in [-0.4, -0.2) is 39.6 Å². The predicted molar refractivity (Wildman–Crippen MR) is 91.5 cm³/mol. The minimum Gasteiger partial charge on any atom is -0.487 e. The Kier molecular flexibility index (Phi) is 4.01. The molecule has 25 heavy (non-hydrogen) atoms. The summed E-state index contributed by atoms with van der Waals surface area (Å²) >= 11 is 0. The number of carbonyl (C=O) groups is 1. The van der Waals surface area contributed by atoms with Gasteiger partial charge in [-0.1, -0.05) is 12.1 Å². The van der Waals surface area contributed by atoms with Gasteiger partial charge in [-0.25, -0.2) is 4.98 Å². The first-order chi connectivity index (χ1) is 12.2. The van der Waals surface area contributed by atoms with Crippen LogP contribution in [0.1, 0.15) is 21.9 Å². The number of hydrogen-bond acceptors (Lipinski definition) is 4. The summed E-state index contributed by atoms with van der Waals surface area (Å²) < 4.78 is 13.4. The molecule has 3 aromatic rings. The fourth-order valence-electron chi connectivity index (χ4n) is 2.85. The molecule has 128 valence electrons. The van der Waals surface area contributed by atoms with E-state index >= 15 is 0 Å². The molecule has 0 saturated carbocycles. The zero-order valence-electron chi connectivity index (χ0n) is 14.0. The number of likely N-dealkylation sites (tertiary alicyclic amines) is 1. The number of hydrogen-bond donors (Lipinski definition) is 0. The molecule has 0 atom stereocenters. The topological polar surface area (TPSA) is 60.5 Å². The molecule has 1 fully saturated rings. The number of imidazole rings is 1. The summed E-state index contributed by atoms with van der Waals surface area (Å²) in [7, 11) is 0. The maximum absolute atomic E-state index is 12.5. The van der Waals surface area contributed by atoms with Gasteiger partial charge in [-0.3, -0.25) is 4.79 Å². The van der Waals surface area contributed by atoms with E-state index in [0.29, 0.717) is 25.4 Å². The third-order valence-electron chi connectivity index (χ3n) is 4.20. The first kappa shape index (κ1) is 15.5. The lowest BCUT2D eigenvalue weighted by Gasteiger charge is -2.38. The Hall–Kier alpha value is -3.02. The molecule has 1 aliphatic rings. The molecule has 0 N–H and O–H groups in total. The molecule has 2 aromatic heterocycles. The number of aromatic nitrogens is 2. The molecule has 1 aromatic carbocycles. The highest BCUT2D eigenvalue weighted by atomic mass is 16.5. The van der Waals surface area contributed by atoms with E-state index in [1.807, 2.05) is 48.0 Å². The van der Waals surface area contributed by atoms with Crippen LogP contribution in [-0.2, 0) is 6.54 Å². The first-order valence-electron chi connectivity index (χ1n) is 8.24. The highest BCUT2D eigenvalue weighted by molar-refractivity contribution is 5.92. The average molecular weight is 337 g/mol. The Morgan fingerprint density at radius 3 is 2.96 bits per heavy atom. The van der Waals surface area contributed by atoms with Crippen LogP contribution in [0.15, 0.2) is 59.5 Å². The number of amides is 1. The van der Waals surface area contributed by atoms with E-state index in [1.165, 1.54) is 0 Å². The SMILES string of the molecule is Cc1cccc(OC2CN(C(=O)c3ccc(Cn4ccnc4)o3)C2)c1. The summed E-state index contributed by atoms with van der Waals surface area (Å²) in [5.74, 6) is 1.84. The zero-order valence-corrected chi connectivity index (χ0v) is 14.0. The quantitative estimate of drug-likeness (QED) is 0.718. The van der Waals surface area contributed by atoms with E-state index in [9.17, 15) is 4.79 Å². The summed E-state index contributed by atoms with van der Waals surface area (Å²) in [6.45, 7) is 3.74. The predicted octanol–water partition coefficient (Wildman–Crippen LogP) is 2.74. The van der Waals surface area contributed by atoms with E-state index in [1.54, 1.807) is 23.5 Å². The Labute approximate surface area is 145 Å². The molecule has 0 spiro atoms. The lowest BCUT2D eigenvalue weighted by molar-refractivity contribution is 0.0154. The Morgan fingerprint density at radius 1 is 1.32 bits per heavy atom. The van der Waals surface area contributed by atoms with E-state index in [2.05, 4.69) is 4.98 Å². The number of furan rings is 1. The summed E-state index contributed by atoms with van der Waals surface area (Å²) in [6, 6.07) is 11.5. The smallest absolute Gasteiger partial charge is 0.289 e. The van der Waals surface area contributed by atoms with Crippen molar-refractivity contribution in [3.05, 3.63) is 72.2 Å². The Balaban J connectivity index is 1.32. The number of aryl methyl sites for hydroxylation is 1. The van der Waals surface area contributed by atoms with Gasteiger partial charge in [0.1, 0.15) is 17.6 Å². The number of benzene rings is 1. The molecular formula is C19H19N3O3. The molecule has 6 nitrogen and oxygen atoms in total. The Morgan fingerprint density at radius 2 is 2.20 bits per heavy atom. The molecular weight excluding hydrogens is 318 g/mol. The third kappa shape index (κ3) is 3.42. The van der Waals surface area contributed by atoms with E-state index in [4.69, 9.17) is 9.15 Å². The van der Waals surface area contributed by atoms with Gasteiger partial charge in [0.15, 0.2) is 5.76 Å². The first-order valence-corrected chi connectivity index (χ1v) is 8.24. The molecule has 3 heterocycles. The van der Waals surface area contributed by atoms with Crippen LogP contribution < -0.4 is 4.74 Å². The van der Waals surface area contributed by atoms with Crippen molar-refractivity contribution in [1.29, 1.82) is 0 Å². The fourth-order valence-corrected chi connectivity index (χ4v) is 2.85. The van der Waals surface area contributed by atoms with Crippen molar-refractivity contribution in [3.8, 4) is 5.75 Å². The second-order valence-electron chi connectivity index (χ2n) is 6.27. The van der Waals surface area contributed by atoms with Crippen LogP contribution in [0.3, 0.4) is 0 Å². The molecule has 4 rings (SSSR count). The molecule has 0 aliphatic carbocycles. The highest BCUT2D eigenvalue weighted by Crippen LogP contribution is 2.21. The number of nitrogens with zero attached hydrogens (tertiary/aromatic N) is 3. The van der Waals surface area contributed by atoms with Crippen molar-refractivity contribution in [2.75, 3.05) is 13.1 Å². The van der Waals surface area contributed by atoms with Crippen LogP contribution in [0.25, 0.3) is 0 Å². The second-order valence-corrected chi connectivity index (χ2v) is 6.27. The summed E-state index contributed by atoms with van der Waals surface area (Å²) in [6.07, 6.45) is 5.31. The minimum absolute atomic E-state index is 0.0335. The van der Waals surface area contributed by atoms with Crippen LogP contribution in [0.4, 0.5) is 0 Å². The van der Waals surface area contributed by atoms with Gasteiger partial charge in [-0.2, -0.15) is 0 Å². The van der Waals surface area contributed by atoms with Crippen LogP contribution in [0.2, 0.25) is 0 Å². The molecule has 1 saturated heterocycles. The molecule has 6 heteroatoms. The molecule has 0 unspecified atom stereocenters. The van der Waals surface area contributed by atoms with Gasteiger partial charge < -0.3 is 18.6 Å². The second kappa shape index (κ2) is 6.47. The lowest BCUT2D eigenvalue weighted by Crippen LogP contribution is -2.56. The molecule has 1 aliphatic heterocycles. The van der Waals surface area contributed by atoms with Crippen LogP contribution in [0, 0.1) is 6.92 Å². The van der Waals surface area contributed by atoms with Crippen molar-refractivity contribution in [2.45, 2.75) is 19.6 Å². The van der Waals surface area contributed by atoms with Crippen molar-refractivity contribution >= 4 is 5.91 Å². The van der Waals surface area contributed by atoms with Crippen LogP contribution >= 0.6 is 0 Å². The van der Waals surface area contributed by atoms with Gasteiger partial charge >= 0.3 is 0 Å². The molecule has 0 bridgehead atoms. The monoisotopic (exact) mass is 337 g/mol. The molecule has 1 amide bonds.